The maximum Gasteiger partial charge on any atom is 0.224 e. The van der Waals surface area contributed by atoms with Crippen LogP contribution in [0.1, 0.15) is 35.7 Å². The van der Waals surface area contributed by atoms with Crippen molar-refractivity contribution in [1.29, 1.82) is 0 Å². The summed E-state index contributed by atoms with van der Waals surface area (Å²) >= 11 is 5.89. The summed E-state index contributed by atoms with van der Waals surface area (Å²) in [6.07, 6.45) is 4.92. The first-order valence-electron chi connectivity index (χ1n) is 9.18. The number of nitrogens with one attached hydrogen (secondary N) is 1. The van der Waals surface area contributed by atoms with E-state index in [1.807, 2.05) is 36.4 Å². The topological polar surface area (TPSA) is 59.8 Å². The molecular formula is C21H21ClN4O. The second-order valence-corrected chi connectivity index (χ2v) is 7.37. The fraction of sp³-hybridized carbons (Fsp3) is 0.286. The molecule has 0 saturated carbocycles. The summed E-state index contributed by atoms with van der Waals surface area (Å²) in [5.74, 6) is 1.49. The van der Waals surface area contributed by atoms with Gasteiger partial charge in [-0.2, -0.15) is 0 Å². The molecule has 1 atom stereocenters. The molecule has 0 aliphatic carbocycles. The number of anilines is 1. The molecular weight excluding hydrogens is 360 g/mol. The van der Waals surface area contributed by atoms with Crippen molar-refractivity contribution in [2.75, 3.05) is 5.32 Å². The lowest BCUT2D eigenvalue weighted by molar-refractivity contribution is -0.116. The maximum absolute atomic E-state index is 12.3. The number of hydrogen-bond donors (Lipinski definition) is 1. The van der Waals surface area contributed by atoms with E-state index in [4.69, 9.17) is 11.6 Å². The van der Waals surface area contributed by atoms with Crippen LogP contribution >= 0.6 is 11.6 Å². The highest BCUT2D eigenvalue weighted by Crippen LogP contribution is 2.29. The number of nitrogens with zero attached hydrogens (tertiary/aromatic N) is 3. The lowest BCUT2D eigenvalue weighted by Crippen LogP contribution is -2.19. The third kappa shape index (κ3) is 4.37. The first kappa shape index (κ1) is 17.7. The van der Waals surface area contributed by atoms with E-state index in [2.05, 4.69) is 32.2 Å². The minimum absolute atomic E-state index is 0.0202. The van der Waals surface area contributed by atoms with Crippen molar-refractivity contribution in [3.05, 3.63) is 76.8 Å². The Bertz CT molecular complexity index is 935. The SMILES string of the molecule is O=C(CCc1ccc(Cl)cc1)Nc1cccc([C@@H]2CCc3nncn3C2)c1. The first-order valence-corrected chi connectivity index (χ1v) is 9.56. The number of carbonyl (C=O) groups is 1. The van der Waals surface area contributed by atoms with E-state index < -0.39 is 0 Å². The minimum Gasteiger partial charge on any atom is -0.326 e. The van der Waals surface area contributed by atoms with Gasteiger partial charge in [-0.15, -0.1) is 10.2 Å². The van der Waals surface area contributed by atoms with Gasteiger partial charge < -0.3 is 9.88 Å². The summed E-state index contributed by atoms with van der Waals surface area (Å²) in [7, 11) is 0. The normalized spacial score (nSPS) is 16.0. The van der Waals surface area contributed by atoms with Crippen molar-refractivity contribution in [3.63, 3.8) is 0 Å². The number of amides is 1. The Morgan fingerprint density at radius 2 is 2.07 bits per heavy atom. The molecule has 5 nitrogen and oxygen atoms in total. The maximum atomic E-state index is 12.3. The molecule has 138 valence electrons. The third-order valence-corrected chi connectivity index (χ3v) is 5.28. The van der Waals surface area contributed by atoms with Gasteiger partial charge in [-0.3, -0.25) is 4.79 Å². The van der Waals surface area contributed by atoms with E-state index in [1.165, 1.54) is 5.56 Å². The molecule has 0 fully saturated rings. The van der Waals surface area contributed by atoms with Crippen molar-refractivity contribution in [3.8, 4) is 0 Å². The quantitative estimate of drug-likeness (QED) is 0.720. The molecule has 0 unspecified atom stereocenters. The van der Waals surface area contributed by atoms with Crippen LogP contribution in [0, 0.1) is 0 Å². The fourth-order valence-electron chi connectivity index (χ4n) is 3.53. The summed E-state index contributed by atoms with van der Waals surface area (Å²) in [5, 5.41) is 11.9. The Labute approximate surface area is 163 Å². The second-order valence-electron chi connectivity index (χ2n) is 6.94. The van der Waals surface area contributed by atoms with Crippen molar-refractivity contribution in [2.45, 2.75) is 38.1 Å². The molecule has 0 bridgehead atoms. The van der Waals surface area contributed by atoms with Crippen LogP contribution in [0.3, 0.4) is 0 Å². The van der Waals surface area contributed by atoms with Crippen LogP contribution < -0.4 is 5.32 Å². The van der Waals surface area contributed by atoms with Gasteiger partial charge in [0.15, 0.2) is 0 Å². The van der Waals surface area contributed by atoms with Gasteiger partial charge in [0.05, 0.1) is 0 Å². The Morgan fingerprint density at radius 1 is 1.22 bits per heavy atom. The van der Waals surface area contributed by atoms with E-state index in [0.29, 0.717) is 23.8 Å². The van der Waals surface area contributed by atoms with Gasteiger partial charge in [-0.25, -0.2) is 0 Å². The molecule has 0 saturated heterocycles. The summed E-state index contributed by atoms with van der Waals surface area (Å²) in [6.45, 7) is 0.885. The molecule has 1 amide bonds. The third-order valence-electron chi connectivity index (χ3n) is 5.02. The second kappa shape index (κ2) is 7.92. The number of hydrogen-bond acceptors (Lipinski definition) is 3. The van der Waals surface area contributed by atoms with Crippen molar-refractivity contribution >= 4 is 23.2 Å². The molecule has 1 N–H and O–H groups in total. The molecule has 4 rings (SSSR count). The van der Waals surface area contributed by atoms with Crippen molar-refractivity contribution in [2.24, 2.45) is 0 Å². The van der Waals surface area contributed by atoms with Crippen LogP contribution in [0.5, 0.6) is 0 Å². The van der Waals surface area contributed by atoms with Crippen molar-refractivity contribution in [1.82, 2.24) is 14.8 Å². The first-order chi connectivity index (χ1) is 13.2. The molecule has 3 aromatic rings. The minimum atomic E-state index is 0.0202. The van der Waals surface area contributed by atoms with Crippen LogP contribution in [-0.2, 0) is 24.2 Å². The average Bonchev–Trinajstić information content (AvgIpc) is 3.15. The van der Waals surface area contributed by atoms with Crippen LogP contribution in [0.2, 0.25) is 5.02 Å². The zero-order chi connectivity index (χ0) is 18.6. The monoisotopic (exact) mass is 380 g/mol. The van der Waals surface area contributed by atoms with E-state index in [9.17, 15) is 4.79 Å². The van der Waals surface area contributed by atoms with E-state index >= 15 is 0 Å². The molecule has 0 spiro atoms. The number of aryl methyl sites for hydroxylation is 2. The number of aromatic nitrogens is 3. The van der Waals surface area contributed by atoms with E-state index in [0.717, 1.165) is 36.5 Å². The van der Waals surface area contributed by atoms with Gasteiger partial charge in [-0.1, -0.05) is 35.9 Å². The predicted molar refractivity (Wildman–Crippen MR) is 106 cm³/mol. The summed E-state index contributed by atoms with van der Waals surface area (Å²) in [6, 6.07) is 15.8. The predicted octanol–water partition coefficient (Wildman–Crippen LogP) is 4.23. The van der Waals surface area contributed by atoms with Gasteiger partial charge in [0.2, 0.25) is 5.91 Å². The Morgan fingerprint density at radius 3 is 2.93 bits per heavy atom. The van der Waals surface area contributed by atoms with Gasteiger partial charge in [-0.05, 0) is 48.2 Å². The van der Waals surface area contributed by atoms with Crippen LogP contribution in [0.4, 0.5) is 5.69 Å². The van der Waals surface area contributed by atoms with E-state index in [1.54, 1.807) is 6.33 Å². The fourth-order valence-corrected chi connectivity index (χ4v) is 3.66. The van der Waals surface area contributed by atoms with Gasteiger partial charge in [0, 0.05) is 36.0 Å². The molecule has 6 heteroatoms. The van der Waals surface area contributed by atoms with Gasteiger partial charge in [0.25, 0.3) is 0 Å². The summed E-state index contributed by atoms with van der Waals surface area (Å²) in [4.78, 5) is 12.3. The van der Waals surface area contributed by atoms with Crippen molar-refractivity contribution < 1.29 is 4.79 Å². The lowest BCUT2D eigenvalue weighted by atomic mass is 9.91. The highest BCUT2D eigenvalue weighted by Gasteiger charge is 2.21. The molecule has 1 aliphatic heterocycles. The highest BCUT2D eigenvalue weighted by atomic mass is 35.5. The number of carbonyl (C=O) groups excluding carboxylic acids is 1. The smallest absolute Gasteiger partial charge is 0.224 e. The van der Waals surface area contributed by atoms with E-state index in [-0.39, 0.29) is 5.91 Å². The number of rotatable bonds is 5. The molecule has 2 heterocycles. The highest BCUT2D eigenvalue weighted by molar-refractivity contribution is 6.30. The zero-order valence-corrected chi connectivity index (χ0v) is 15.7. The van der Waals surface area contributed by atoms with Gasteiger partial charge in [0.1, 0.15) is 12.2 Å². The Balaban J connectivity index is 1.36. The molecule has 2 aromatic carbocycles. The van der Waals surface area contributed by atoms with Gasteiger partial charge >= 0.3 is 0 Å². The van der Waals surface area contributed by atoms with Crippen LogP contribution in [0.25, 0.3) is 0 Å². The summed E-state index contributed by atoms with van der Waals surface area (Å²) < 4.78 is 2.12. The molecule has 27 heavy (non-hydrogen) atoms. The van der Waals surface area contributed by atoms with Crippen LogP contribution in [-0.4, -0.2) is 20.7 Å². The molecule has 1 aliphatic rings. The molecule has 1 aromatic heterocycles. The largest absolute Gasteiger partial charge is 0.326 e. The zero-order valence-electron chi connectivity index (χ0n) is 14.9. The number of benzene rings is 2. The van der Waals surface area contributed by atoms with Crippen LogP contribution in [0.15, 0.2) is 54.9 Å². The average molecular weight is 381 g/mol. The standard InChI is InChI=1S/C21H21ClN4O/c22-18-8-4-15(5-9-18)6-11-21(27)24-19-3-1-2-16(12-19)17-7-10-20-25-23-14-26(20)13-17/h1-5,8-9,12,14,17H,6-7,10-11,13H2,(H,24,27)/t17-/m1/s1. The Kier molecular flexibility index (Phi) is 5.21. The number of fused-ring (bicyclic) bond motifs is 1. The molecule has 0 radical (unpaired) electrons. The number of halogens is 1. The summed E-state index contributed by atoms with van der Waals surface area (Å²) in [5.41, 5.74) is 3.20. The Hall–Kier alpha value is -2.66. The lowest BCUT2D eigenvalue weighted by Gasteiger charge is -2.23.